The van der Waals surface area contributed by atoms with E-state index in [0.717, 1.165) is 38.5 Å². The lowest BCUT2D eigenvalue weighted by atomic mass is 9.98. The molecule has 1 saturated heterocycles. The summed E-state index contributed by atoms with van der Waals surface area (Å²) in [6.07, 6.45) is 31.1. The second-order valence-electron chi connectivity index (χ2n) is 16.5. The van der Waals surface area contributed by atoms with Crippen molar-refractivity contribution in [3.05, 3.63) is 36.5 Å². The number of nitrogens with one attached hydrogen (secondary N) is 1. The van der Waals surface area contributed by atoms with E-state index in [4.69, 9.17) is 9.47 Å². The van der Waals surface area contributed by atoms with Crippen molar-refractivity contribution in [2.24, 2.45) is 0 Å². The molecule has 1 heterocycles. The van der Waals surface area contributed by atoms with Crippen molar-refractivity contribution < 1.29 is 50.0 Å². The molecule has 1 fully saturated rings. The van der Waals surface area contributed by atoms with Crippen LogP contribution in [0.3, 0.4) is 0 Å². The van der Waals surface area contributed by atoms with E-state index in [2.05, 4.69) is 36.5 Å². The highest BCUT2D eigenvalue weighted by Crippen LogP contribution is 2.23. The first kappa shape index (κ1) is 54.3. The number of aliphatic hydroxyl groups is 7. The topological polar surface area (TPSA) is 189 Å². The number of carbonyl (C=O) groups excluding carboxylic acids is 1. The van der Waals surface area contributed by atoms with Gasteiger partial charge < -0.3 is 50.5 Å². The van der Waals surface area contributed by atoms with Gasteiger partial charge in [0, 0.05) is 0 Å². The van der Waals surface area contributed by atoms with E-state index in [1.54, 1.807) is 0 Å². The summed E-state index contributed by atoms with van der Waals surface area (Å²) in [4.78, 5) is 13.0. The summed E-state index contributed by atoms with van der Waals surface area (Å²) in [5.74, 6) is -0.718. The Hall–Kier alpha value is -1.67. The molecule has 1 aliphatic heterocycles. The molecule has 0 spiro atoms. The van der Waals surface area contributed by atoms with Crippen LogP contribution < -0.4 is 5.32 Å². The first-order valence-electron chi connectivity index (χ1n) is 23.4. The van der Waals surface area contributed by atoms with Crippen LogP contribution in [-0.2, 0) is 14.3 Å². The molecule has 0 radical (unpaired) electrons. The van der Waals surface area contributed by atoms with E-state index in [1.165, 1.54) is 103 Å². The lowest BCUT2D eigenvalue weighted by Crippen LogP contribution is -2.60. The van der Waals surface area contributed by atoms with Gasteiger partial charge in [-0.1, -0.05) is 153 Å². The molecule has 0 aromatic rings. The Morgan fingerprint density at radius 1 is 0.621 bits per heavy atom. The quantitative estimate of drug-likeness (QED) is 0.0227. The number of allylic oxidation sites excluding steroid dienone is 6. The van der Waals surface area contributed by atoms with Crippen molar-refractivity contribution in [2.45, 2.75) is 242 Å². The van der Waals surface area contributed by atoms with Crippen LogP contribution in [0.1, 0.15) is 187 Å². The summed E-state index contributed by atoms with van der Waals surface area (Å²) in [7, 11) is 0. The predicted molar refractivity (Wildman–Crippen MR) is 233 cm³/mol. The fourth-order valence-electron chi connectivity index (χ4n) is 7.34. The van der Waals surface area contributed by atoms with Crippen molar-refractivity contribution in [1.29, 1.82) is 0 Å². The molecule has 9 unspecified atom stereocenters. The third kappa shape index (κ3) is 26.5. The second kappa shape index (κ2) is 37.1. The molecule has 9 atom stereocenters. The van der Waals surface area contributed by atoms with E-state index in [-0.39, 0.29) is 12.8 Å². The van der Waals surface area contributed by atoms with Crippen LogP contribution in [0.25, 0.3) is 0 Å². The van der Waals surface area contributed by atoms with Crippen molar-refractivity contribution in [3.8, 4) is 0 Å². The summed E-state index contributed by atoms with van der Waals surface area (Å²) < 4.78 is 11.0. The van der Waals surface area contributed by atoms with Crippen molar-refractivity contribution in [3.63, 3.8) is 0 Å². The molecular weight excluding hydrogens is 739 g/mol. The minimum atomic E-state index is -1.67. The number of amides is 1. The zero-order valence-corrected chi connectivity index (χ0v) is 36.5. The number of aliphatic hydroxyl groups excluding tert-OH is 7. The molecule has 0 aromatic heterocycles. The van der Waals surface area contributed by atoms with Gasteiger partial charge in [-0.05, 0) is 71.1 Å². The number of hydrogen-bond acceptors (Lipinski definition) is 10. The van der Waals surface area contributed by atoms with Gasteiger partial charge in [-0.3, -0.25) is 4.79 Å². The van der Waals surface area contributed by atoms with E-state index in [1.807, 2.05) is 19.1 Å². The highest BCUT2D eigenvalue weighted by Gasteiger charge is 2.44. The summed E-state index contributed by atoms with van der Waals surface area (Å²) in [6, 6.07) is -1.19. The Bertz CT molecular complexity index is 1040. The van der Waals surface area contributed by atoms with Gasteiger partial charge in [-0.15, -0.1) is 0 Å². The van der Waals surface area contributed by atoms with Gasteiger partial charge in [0.1, 0.15) is 36.6 Å². The molecular formula is C47H87NO10. The Balaban J connectivity index is 2.33. The Labute approximate surface area is 352 Å². The van der Waals surface area contributed by atoms with Gasteiger partial charge in [-0.25, -0.2) is 0 Å². The minimum absolute atomic E-state index is 0.242. The molecule has 0 aromatic carbocycles. The van der Waals surface area contributed by atoms with Crippen molar-refractivity contribution in [2.75, 3.05) is 13.2 Å². The van der Waals surface area contributed by atoms with Gasteiger partial charge in [-0.2, -0.15) is 0 Å². The van der Waals surface area contributed by atoms with Crippen LogP contribution in [0.2, 0.25) is 0 Å². The van der Waals surface area contributed by atoms with E-state index < -0.39 is 74.2 Å². The number of hydrogen-bond donors (Lipinski definition) is 8. The van der Waals surface area contributed by atoms with Gasteiger partial charge >= 0.3 is 0 Å². The molecule has 0 bridgehead atoms. The minimum Gasteiger partial charge on any atom is -0.394 e. The molecule has 1 amide bonds. The zero-order chi connectivity index (χ0) is 42.6. The summed E-state index contributed by atoms with van der Waals surface area (Å²) in [6.45, 7) is 3.16. The number of rotatable bonds is 38. The smallest absolute Gasteiger partial charge is 0.249 e. The van der Waals surface area contributed by atoms with Crippen LogP contribution in [0.4, 0.5) is 0 Å². The first-order valence-corrected chi connectivity index (χ1v) is 23.4. The molecule has 0 saturated carbocycles. The van der Waals surface area contributed by atoms with Crippen LogP contribution in [0.15, 0.2) is 36.5 Å². The van der Waals surface area contributed by atoms with Crippen LogP contribution in [0.5, 0.6) is 0 Å². The average Bonchev–Trinajstić information content (AvgIpc) is 3.22. The Kier molecular flexibility index (Phi) is 34.8. The molecule has 1 rings (SSSR count). The molecule has 340 valence electrons. The zero-order valence-electron chi connectivity index (χ0n) is 36.5. The largest absolute Gasteiger partial charge is 0.394 e. The fraction of sp³-hybridized carbons (Fsp3) is 0.851. The maximum atomic E-state index is 13.0. The summed E-state index contributed by atoms with van der Waals surface area (Å²) >= 11 is 0. The first-order chi connectivity index (χ1) is 28.2. The maximum Gasteiger partial charge on any atom is 0.249 e. The molecule has 11 nitrogen and oxygen atoms in total. The second-order valence-corrected chi connectivity index (χ2v) is 16.5. The fourth-order valence-corrected chi connectivity index (χ4v) is 7.34. The van der Waals surface area contributed by atoms with Crippen molar-refractivity contribution in [1.82, 2.24) is 5.32 Å². The number of unbranched alkanes of at least 4 members (excludes halogenated alkanes) is 21. The van der Waals surface area contributed by atoms with Gasteiger partial charge in [0.2, 0.25) is 5.91 Å². The normalized spacial score (nSPS) is 22.3. The molecule has 11 heteroatoms. The SMILES string of the molecule is C/C=C/CC/C=C/CCCC(O)C(O)C(COC1OC(CO)C(O)C(O)C1O)NC(=O)C(O)CCCCCCCCC/C=C\CCCCCCCCCCCCCC. The van der Waals surface area contributed by atoms with Gasteiger partial charge in [0.15, 0.2) is 6.29 Å². The summed E-state index contributed by atoms with van der Waals surface area (Å²) in [5.41, 5.74) is 0. The van der Waals surface area contributed by atoms with E-state index in [0.29, 0.717) is 19.3 Å². The van der Waals surface area contributed by atoms with Crippen LogP contribution >= 0.6 is 0 Å². The van der Waals surface area contributed by atoms with E-state index in [9.17, 15) is 40.5 Å². The van der Waals surface area contributed by atoms with Crippen molar-refractivity contribution >= 4 is 5.91 Å². The molecule has 58 heavy (non-hydrogen) atoms. The number of carbonyl (C=O) groups is 1. The highest BCUT2D eigenvalue weighted by atomic mass is 16.7. The standard InChI is InChI=1S/C47H87NO10/c1-3-5-7-9-11-13-14-15-16-17-18-19-20-21-22-23-24-25-26-27-29-31-33-35-40(51)46(56)48-38(37-57-47-45(55)44(54)43(53)41(36-49)58-47)42(52)39(50)34-32-30-28-12-10-8-6-4-2/h4,6,12,21-22,28,38-45,47,49-55H,3,5,7-11,13-20,23-27,29-37H2,1-2H3,(H,48,56)/b6-4+,22-21-,28-12+. The lowest BCUT2D eigenvalue weighted by molar-refractivity contribution is -0.303. The lowest BCUT2D eigenvalue weighted by Gasteiger charge is -2.40. The molecule has 8 N–H and O–H groups in total. The van der Waals surface area contributed by atoms with Gasteiger partial charge in [0.05, 0.1) is 25.4 Å². The number of ether oxygens (including phenoxy) is 2. The molecule has 0 aliphatic carbocycles. The van der Waals surface area contributed by atoms with E-state index >= 15 is 0 Å². The third-order valence-electron chi connectivity index (χ3n) is 11.2. The highest BCUT2D eigenvalue weighted by molar-refractivity contribution is 5.80. The molecule has 1 aliphatic rings. The predicted octanol–water partition coefficient (Wildman–Crippen LogP) is 7.61. The van der Waals surface area contributed by atoms with Crippen LogP contribution in [0, 0.1) is 0 Å². The summed E-state index contributed by atoms with van der Waals surface area (Å²) in [5, 5.41) is 75.3. The average molecular weight is 826 g/mol. The maximum absolute atomic E-state index is 13.0. The van der Waals surface area contributed by atoms with Crippen LogP contribution in [-0.4, -0.2) is 110 Å². The Morgan fingerprint density at radius 2 is 1.10 bits per heavy atom. The Morgan fingerprint density at radius 3 is 1.64 bits per heavy atom. The monoisotopic (exact) mass is 826 g/mol. The third-order valence-corrected chi connectivity index (χ3v) is 11.2. The van der Waals surface area contributed by atoms with Gasteiger partial charge in [0.25, 0.3) is 0 Å².